The molecule has 4 heteroatoms. The highest BCUT2D eigenvalue weighted by Gasteiger charge is 2.21. The van der Waals surface area contributed by atoms with Crippen LogP contribution in [-0.4, -0.2) is 37.1 Å². The largest absolute Gasteiger partial charge is 0.458 e. The van der Waals surface area contributed by atoms with Gasteiger partial charge >= 0.3 is 5.97 Å². The molecule has 3 nitrogen and oxygen atoms in total. The fourth-order valence-corrected chi connectivity index (χ4v) is 2.89. The van der Waals surface area contributed by atoms with Gasteiger partial charge in [-0.2, -0.15) is 0 Å². The number of nitrogens with zero attached hydrogens (tertiary/aromatic N) is 1. The molecule has 0 heterocycles. The van der Waals surface area contributed by atoms with Gasteiger partial charge in [0.15, 0.2) is 0 Å². The molecule has 0 N–H and O–H groups in total. The van der Waals surface area contributed by atoms with Crippen LogP contribution in [0, 0.1) is 0 Å². The van der Waals surface area contributed by atoms with Gasteiger partial charge < -0.3 is 9.64 Å². The van der Waals surface area contributed by atoms with E-state index in [-0.39, 0.29) is 35.1 Å². The van der Waals surface area contributed by atoms with Crippen LogP contribution >= 0.6 is 17.0 Å². The average molecular weight is 392 g/mol. The predicted molar refractivity (Wildman–Crippen MR) is 105 cm³/mol. The van der Waals surface area contributed by atoms with Crippen molar-refractivity contribution in [1.29, 1.82) is 0 Å². The topological polar surface area (TPSA) is 29.5 Å². The first-order chi connectivity index (χ1) is 10.5. The van der Waals surface area contributed by atoms with Crippen molar-refractivity contribution in [2.45, 2.75) is 90.2 Å². The van der Waals surface area contributed by atoms with Crippen LogP contribution in [0.2, 0.25) is 0 Å². The SMILES string of the molecule is Br.C=CC(=O)OC(C)C(CCCCCCCCCCC)N(C)C. The quantitative estimate of drug-likeness (QED) is 0.221. The number of hydrogen-bond acceptors (Lipinski definition) is 3. The molecule has 0 aromatic heterocycles. The molecule has 0 aromatic rings. The molecule has 0 saturated carbocycles. The van der Waals surface area contributed by atoms with Crippen molar-refractivity contribution in [1.82, 2.24) is 4.90 Å². The van der Waals surface area contributed by atoms with E-state index < -0.39 is 0 Å². The zero-order valence-corrected chi connectivity index (χ0v) is 17.4. The number of esters is 1. The normalized spacial score (nSPS) is 13.3. The number of unbranched alkanes of at least 4 members (excludes halogenated alkanes) is 8. The molecule has 0 aliphatic rings. The maximum Gasteiger partial charge on any atom is 0.330 e. The van der Waals surface area contributed by atoms with Gasteiger partial charge in [0.25, 0.3) is 0 Å². The summed E-state index contributed by atoms with van der Waals surface area (Å²) in [6.07, 6.45) is 14.3. The second kappa shape index (κ2) is 16.5. The molecular formula is C19H38BrNO2. The Kier molecular flexibility index (Phi) is 17.9. The van der Waals surface area contributed by atoms with E-state index in [0.29, 0.717) is 0 Å². The number of ether oxygens (including phenoxy) is 1. The standard InChI is InChI=1S/C19H37NO2.BrH/c1-6-8-9-10-11-12-13-14-15-16-18(20(4)5)17(3)22-19(21)7-2;/h7,17-18H,2,6,8-16H2,1,3-5H3;1H. The highest BCUT2D eigenvalue weighted by molar-refractivity contribution is 8.93. The van der Waals surface area contributed by atoms with Crippen LogP contribution in [0.1, 0.15) is 78.1 Å². The summed E-state index contributed by atoms with van der Waals surface area (Å²) in [4.78, 5) is 13.5. The van der Waals surface area contributed by atoms with E-state index in [0.717, 1.165) is 6.42 Å². The number of halogens is 1. The molecule has 2 unspecified atom stereocenters. The Balaban J connectivity index is 0. The van der Waals surface area contributed by atoms with Gasteiger partial charge in [0, 0.05) is 12.1 Å². The fourth-order valence-electron chi connectivity index (χ4n) is 2.89. The van der Waals surface area contributed by atoms with Gasteiger partial charge in [-0.25, -0.2) is 4.79 Å². The van der Waals surface area contributed by atoms with Crippen molar-refractivity contribution in [3.05, 3.63) is 12.7 Å². The Bertz CT molecular complexity index is 295. The van der Waals surface area contributed by atoms with Crippen LogP contribution in [-0.2, 0) is 9.53 Å². The lowest BCUT2D eigenvalue weighted by Crippen LogP contribution is -2.39. The van der Waals surface area contributed by atoms with Crippen molar-refractivity contribution in [2.75, 3.05) is 14.1 Å². The minimum atomic E-state index is -0.327. The van der Waals surface area contributed by atoms with Crippen LogP contribution in [0.5, 0.6) is 0 Å². The van der Waals surface area contributed by atoms with Crippen LogP contribution in [0.4, 0.5) is 0 Å². The lowest BCUT2D eigenvalue weighted by atomic mass is 10.0. The highest BCUT2D eigenvalue weighted by Crippen LogP contribution is 2.16. The zero-order valence-electron chi connectivity index (χ0n) is 15.7. The Morgan fingerprint density at radius 1 is 1.04 bits per heavy atom. The van der Waals surface area contributed by atoms with Gasteiger partial charge in [-0.1, -0.05) is 71.3 Å². The van der Waals surface area contributed by atoms with E-state index in [1.54, 1.807) is 0 Å². The Morgan fingerprint density at radius 2 is 1.52 bits per heavy atom. The summed E-state index contributed by atoms with van der Waals surface area (Å²) in [6.45, 7) is 7.68. The summed E-state index contributed by atoms with van der Waals surface area (Å²) >= 11 is 0. The van der Waals surface area contributed by atoms with E-state index in [1.165, 1.54) is 63.9 Å². The number of carbonyl (C=O) groups is 1. The van der Waals surface area contributed by atoms with Crippen LogP contribution in [0.3, 0.4) is 0 Å². The lowest BCUT2D eigenvalue weighted by molar-refractivity contribution is -0.145. The molecule has 0 aliphatic carbocycles. The zero-order chi connectivity index (χ0) is 16.8. The molecule has 0 spiro atoms. The first kappa shape index (κ1) is 24.9. The summed E-state index contributed by atoms with van der Waals surface area (Å²) in [5.41, 5.74) is 0. The maximum atomic E-state index is 11.3. The molecular weight excluding hydrogens is 354 g/mol. The van der Waals surface area contributed by atoms with E-state index in [4.69, 9.17) is 4.74 Å². The van der Waals surface area contributed by atoms with Crippen LogP contribution in [0.15, 0.2) is 12.7 Å². The van der Waals surface area contributed by atoms with Gasteiger partial charge in [0.1, 0.15) is 6.10 Å². The fraction of sp³-hybridized carbons (Fsp3) is 0.842. The van der Waals surface area contributed by atoms with Crippen LogP contribution < -0.4 is 0 Å². The molecule has 0 rings (SSSR count). The lowest BCUT2D eigenvalue weighted by Gasteiger charge is -2.29. The second-order valence-electron chi connectivity index (χ2n) is 6.49. The third-order valence-corrected chi connectivity index (χ3v) is 4.28. The summed E-state index contributed by atoms with van der Waals surface area (Å²) in [5.74, 6) is -0.327. The van der Waals surface area contributed by atoms with Gasteiger partial charge in [0.2, 0.25) is 0 Å². The van der Waals surface area contributed by atoms with Gasteiger partial charge in [-0.15, -0.1) is 17.0 Å². The number of carbonyl (C=O) groups excluding carboxylic acids is 1. The van der Waals surface area contributed by atoms with Crippen molar-refractivity contribution < 1.29 is 9.53 Å². The van der Waals surface area contributed by atoms with Gasteiger partial charge in [-0.05, 0) is 27.4 Å². The van der Waals surface area contributed by atoms with Gasteiger partial charge in [-0.3, -0.25) is 0 Å². The Labute approximate surface area is 154 Å². The molecule has 0 bridgehead atoms. The van der Waals surface area contributed by atoms with Crippen molar-refractivity contribution >= 4 is 23.0 Å². The smallest absolute Gasteiger partial charge is 0.330 e. The van der Waals surface area contributed by atoms with Crippen molar-refractivity contribution in [3.63, 3.8) is 0 Å². The molecule has 0 fully saturated rings. The Hall–Kier alpha value is -0.350. The monoisotopic (exact) mass is 391 g/mol. The summed E-state index contributed by atoms with van der Waals surface area (Å²) in [6, 6.07) is 0.286. The second-order valence-corrected chi connectivity index (χ2v) is 6.49. The number of hydrogen-bond donors (Lipinski definition) is 0. The number of likely N-dealkylation sites (N-methyl/N-ethyl adjacent to an activating group) is 1. The Morgan fingerprint density at radius 3 is 1.96 bits per heavy atom. The molecule has 2 atom stereocenters. The molecule has 0 aromatic carbocycles. The minimum Gasteiger partial charge on any atom is -0.458 e. The average Bonchev–Trinajstić information content (AvgIpc) is 2.48. The predicted octanol–water partition coefficient (Wildman–Crippen LogP) is 5.53. The molecule has 138 valence electrons. The number of rotatable bonds is 14. The van der Waals surface area contributed by atoms with E-state index in [9.17, 15) is 4.79 Å². The molecule has 0 aliphatic heterocycles. The molecule has 0 saturated heterocycles. The minimum absolute atomic E-state index is 0. The first-order valence-electron chi connectivity index (χ1n) is 9.02. The van der Waals surface area contributed by atoms with Crippen LogP contribution in [0.25, 0.3) is 0 Å². The van der Waals surface area contributed by atoms with E-state index in [2.05, 4.69) is 32.5 Å². The third kappa shape index (κ3) is 13.8. The molecule has 0 amide bonds. The molecule has 23 heavy (non-hydrogen) atoms. The van der Waals surface area contributed by atoms with E-state index in [1.807, 2.05) is 6.92 Å². The van der Waals surface area contributed by atoms with Gasteiger partial charge in [0.05, 0.1) is 0 Å². The third-order valence-electron chi connectivity index (χ3n) is 4.28. The maximum absolute atomic E-state index is 11.3. The van der Waals surface area contributed by atoms with E-state index >= 15 is 0 Å². The molecule has 0 radical (unpaired) electrons. The first-order valence-corrected chi connectivity index (χ1v) is 9.02. The van der Waals surface area contributed by atoms with Crippen molar-refractivity contribution in [2.24, 2.45) is 0 Å². The summed E-state index contributed by atoms with van der Waals surface area (Å²) in [5, 5.41) is 0. The van der Waals surface area contributed by atoms with Crippen molar-refractivity contribution in [3.8, 4) is 0 Å². The summed E-state index contributed by atoms with van der Waals surface area (Å²) < 4.78 is 5.36. The summed E-state index contributed by atoms with van der Waals surface area (Å²) in [7, 11) is 4.10. The highest BCUT2D eigenvalue weighted by atomic mass is 79.9.